The maximum Gasteiger partial charge on any atom is 0.199 e. The van der Waals surface area contributed by atoms with Crippen LogP contribution in [0.15, 0.2) is 39.4 Å². The van der Waals surface area contributed by atoms with Crippen molar-refractivity contribution in [2.24, 2.45) is 0 Å². The maximum absolute atomic E-state index is 13.6. The Labute approximate surface area is 100 Å². The van der Waals surface area contributed by atoms with E-state index in [0.29, 0.717) is 11.3 Å². The van der Waals surface area contributed by atoms with Gasteiger partial charge in [-0.1, -0.05) is 6.07 Å². The molecule has 0 aliphatic rings. The zero-order valence-corrected chi connectivity index (χ0v) is 10.0. The number of carbonyl (C=O) groups is 1. The Balaban J connectivity index is 2.45. The minimum absolute atomic E-state index is 0.0372. The largest absolute Gasteiger partial charge is 0.469 e. The molecule has 2 nitrogen and oxygen atoms in total. The summed E-state index contributed by atoms with van der Waals surface area (Å²) in [6.45, 7) is 1.73. The fourth-order valence-corrected chi connectivity index (χ4v) is 1.76. The molecule has 82 valence electrons. The van der Waals surface area contributed by atoms with E-state index in [2.05, 4.69) is 15.9 Å². The number of ketones is 1. The van der Waals surface area contributed by atoms with Crippen LogP contribution in [0.2, 0.25) is 0 Å². The first kappa shape index (κ1) is 11.1. The van der Waals surface area contributed by atoms with Gasteiger partial charge in [0.05, 0.1) is 15.6 Å². The smallest absolute Gasteiger partial charge is 0.199 e. The van der Waals surface area contributed by atoms with E-state index in [-0.39, 0.29) is 15.8 Å². The Morgan fingerprint density at radius 3 is 2.81 bits per heavy atom. The van der Waals surface area contributed by atoms with Crippen LogP contribution in [0.3, 0.4) is 0 Å². The van der Waals surface area contributed by atoms with Gasteiger partial charge in [0, 0.05) is 0 Å². The molecule has 4 heteroatoms. The zero-order chi connectivity index (χ0) is 11.7. The van der Waals surface area contributed by atoms with Gasteiger partial charge in [0.2, 0.25) is 0 Å². The van der Waals surface area contributed by atoms with E-state index < -0.39 is 5.82 Å². The molecule has 1 aromatic carbocycles. The van der Waals surface area contributed by atoms with Crippen molar-refractivity contribution in [3.8, 4) is 0 Å². The first-order chi connectivity index (χ1) is 7.59. The summed E-state index contributed by atoms with van der Waals surface area (Å²) in [6.07, 6.45) is 1.33. The Bertz CT molecular complexity index is 546. The standard InChI is InChI=1S/C12H8BrFO2/c1-7-5-8(6-16-7)12(15)9-3-2-4-10(13)11(9)14/h2-6H,1H3. The Hall–Kier alpha value is -1.42. The fourth-order valence-electron chi connectivity index (χ4n) is 1.40. The lowest BCUT2D eigenvalue weighted by Gasteiger charge is -2.01. The summed E-state index contributed by atoms with van der Waals surface area (Å²) in [4.78, 5) is 11.9. The summed E-state index contributed by atoms with van der Waals surface area (Å²) in [7, 11) is 0. The highest BCUT2D eigenvalue weighted by molar-refractivity contribution is 9.10. The molecule has 0 N–H and O–H groups in total. The Morgan fingerprint density at radius 1 is 1.44 bits per heavy atom. The van der Waals surface area contributed by atoms with E-state index in [4.69, 9.17) is 4.42 Å². The van der Waals surface area contributed by atoms with Crippen molar-refractivity contribution in [3.05, 3.63) is 57.7 Å². The summed E-state index contributed by atoms with van der Waals surface area (Å²) in [5.41, 5.74) is 0.393. The molecular weight excluding hydrogens is 275 g/mol. The lowest BCUT2D eigenvalue weighted by atomic mass is 10.1. The van der Waals surface area contributed by atoms with Gasteiger partial charge in [-0.25, -0.2) is 4.39 Å². The van der Waals surface area contributed by atoms with Crippen LogP contribution in [0.1, 0.15) is 21.7 Å². The van der Waals surface area contributed by atoms with Gasteiger partial charge >= 0.3 is 0 Å². The monoisotopic (exact) mass is 282 g/mol. The number of benzene rings is 1. The molecule has 1 heterocycles. The number of halogens is 2. The summed E-state index contributed by atoms with van der Waals surface area (Å²) in [5, 5.41) is 0. The quantitative estimate of drug-likeness (QED) is 0.786. The van der Waals surface area contributed by atoms with E-state index in [9.17, 15) is 9.18 Å². The lowest BCUT2D eigenvalue weighted by molar-refractivity contribution is 0.103. The topological polar surface area (TPSA) is 30.2 Å². The van der Waals surface area contributed by atoms with Crippen LogP contribution < -0.4 is 0 Å². The van der Waals surface area contributed by atoms with Crippen LogP contribution in [0.25, 0.3) is 0 Å². The third kappa shape index (κ3) is 1.93. The summed E-state index contributed by atoms with van der Waals surface area (Å²) in [6, 6.07) is 6.20. The molecule has 0 unspecified atom stereocenters. The van der Waals surface area contributed by atoms with Gasteiger partial charge in [0.15, 0.2) is 5.78 Å². The molecule has 0 spiro atoms. The molecule has 0 aliphatic heterocycles. The van der Waals surface area contributed by atoms with Crippen LogP contribution in [0, 0.1) is 12.7 Å². The third-order valence-corrected chi connectivity index (χ3v) is 2.80. The molecule has 0 atom stereocenters. The van der Waals surface area contributed by atoms with Crippen molar-refractivity contribution in [3.63, 3.8) is 0 Å². The van der Waals surface area contributed by atoms with Crippen molar-refractivity contribution in [1.29, 1.82) is 0 Å². The molecule has 0 radical (unpaired) electrons. The molecule has 1 aromatic heterocycles. The molecule has 0 fully saturated rings. The van der Waals surface area contributed by atoms with Crippen molar-refractivity contribution in [2.75, 3.05) is 0 Å². The summed E-state index contributed by atoms with van der Waals surface area (Å²) >= 11 is 3.04. The van der Waals surface area contributed by atoms with Crippen molar-refractivity contribution >= 4 is 21.7 Å². The molecule has 16 heavy (non-hydrogen) atoms. The maximum atomic E-state index is 13.6. The van der Waals surface area contributed by atoms with E-state index in [1.54, 1.807) is 25.1 Å². The third-order valence-electron chi connectivity index (χ3n) is 2.19. The van der Waals surface area contributed by atoms with Crippen LogP contribution in [-0.4, -0.2) is 5.78 Å². The SMILES string of the molecule is Cc1cc(C(=O)c2cccc(Br)c2F)co1. The average Bonchev–Trinajstić information content (AvgIpc) is 2.68. The molecule has 0 bridgehead atoms. The van der Waals surface area contributed by atoms with Crippen LogP contribution in [0.4, 0.5) is 4.39 Å². The first-order valence-electron chi connectivity index (χ1n) is 4.63. The number of aryl methyl sites for hydroxylation is 1. The van der Waals surface area contributed by atoms with Crippen LogP contribution in [0.5, 0.6) is 0 Å². The molecule has 0 saturated carbocycles. The Kier molecular flexibility index (Phi) is 2.92. The van der Waals surface area contributed by atoms with Gasteiger partial charge in [-0.3, -0.25) is 4.79 Å². The number of furan rings is 1. The second kappa shape index (κ2) is 4.22. The van der Waals surface area contributed by atoms with E-state index in [0.717, 1.165) is 0 Å². The minimum Gasteiger partial charge on any atom is -0.469 e. The summed E-state index contributed by atoms with van der Waals surface area (Å²) in [5.74, 6) is -0.305. The molecule has 0 saturated heterocycles. The number of carbonyl (C=O) groups excluding carboxylic acids is 1. The fraction of sp³-hybridized carbons (Fsp3) is 0.0833. The highest BCUT2D eigenvalue weighted by Gasteiger charge is 2.17. The van der Waals surface area contributed by atoms with Crippen LogP contribution >= 0.6 is 15.9 Å². The van der Waals surface area contributed by atoms with E-state index in [1.807, 2.05) is 0 Å². The van der Waals surface area contributed by atoms with Gasteiger partial charge in [-0.05, 0) is 41.1 Å². The van der Waals surface area contributed by atoms with Crippen molar-refractivity contribution < 1.29 is 13.6 Å². The van der Waals surface area contributed by atoms with Gasteiger partial charge < -0.3 is 4.42 Å². The number of rotatable bonds is 2. The van der Waals surface area contributed by atoms with E-state index in [1.165, 1.54) is 12.3 Å². The highest BCUT2D eigenvalue weighted by Crippen LogP contribution is 2.21. The molecule has 2 rings (SSSR count). The normalized spacial score (nSPS) is 10.4. The van der Waals surface area contributed by atoms with E-state index >= 15 is 0 Å². The predicted octanol–water partition coefficient (Wildman–Crippen LogP) is 3.72. The molecule has 2 aromatic rings. The first-order valence-corrected chi connectivity index (χ1v) is 5.42. The minimum atomic E-state index is -0.550. The van der Waals surface area contributed by atoms with Gasteiger partial charge in [0.1, 0.15) is 17.8 Å². The number of hydrogen-bond donors (Lipinski definition) is 0. The van der Waals surface area contributed by atoms with Gasteiger partial charge in [-0.2, -0.15) is 0 Å². The lowest BCUT2D eigenvalue weighted by Crippen LogP contribution is -2.03. The van der Waals surface area contributed by atoms with Crippen molar-refractivity contribution in [1.82, 2.24) is 0 Å². The summed E-state index contributed by atoms with van der Waals surface area (Å²) < 4.78 is 18.9. The molecular formula is C12H8BrFO2. The Morgan fingerprint density at radius 2 is 2.19 bits per heavy atom. The molecule has 0 aliphatic carbocycles. The second-order valence-electron chi connectivity index (χ2n) is 3.38. The van der Waals surface area contributed by atoms with Crippen LogP contribution in [-0.2, 0) is 0 Å². The van der Waals surface area contributed by atoms with Crippen molar-refractivity contribution in [2.45, 2.75) is 6.92 Å². The number of hydrogen-bond acceptors (Lipinski definition) is 2. The van der Waals surface area contributed by atoms with Gasteiger partial charge in [-0.15, -0.1) is 0 Å². The average molecular weight is 283 g/mol. The zero-order valence-electron chi connectivity index (χ0n) is 8.46. The predicted molar refractivity (Wildman–Crippen MR) is 61.0 cm³/mol. The highest BCUT2D eigenvalue weighted by atomic mass is 79.9. The second-order valence-corrected chi connectivity index (χ2v) is 4.23. The van der Waals surface area contributed by atoms with Gasteiger partial charge in [0.25, 0.3) is 0 Å². The molecule has 0 amide bonds.